The Hall–Kier alpha value is -2.36. The molecule has 110 valence electrons. The fourth-order valence-electron chi connectivity index (χ4n) is 1.86. The second-order valence-electron chi connectivity index (χ2n) is 4.73. The molecule has 3 nitrogen and oxygen atoms in total. The van der Waals surface area contributed by atoms with Gasteiger partial charge in [-0.1, -0.05) is 31.2 Å². The van der Waals surface area contributed by atoms with Gasteiger partial charge in [0.15, 0.2) is 6.10 Å². The molecule has 4 heteroatoms. The van der Waals surface area contributed by atoms with E-state index in [-0.39, 0.29) is 11.6 Å². The quantitative estimate of drug-likeness (QED) is 0.908. The predicted molar refractivity (Wildman–Crippen MR) is 80.9 cm³/mol. The van der Waals surface area contributed by atoms with Crippen molar-refractivity contribution >= 4 is 11.6 Å². The number of carbonyl (C=O) groups excluding carboxylic acids is 1. The second-order valence-corrected chi connectivity index (χ2v) is 4.73. The number of aryl methyl sites for hydroxylation is 1. The zero-order valence-corrected chi connectivity index (χ0v) is 12.1. The molecule has 0 heterocycles. The number of para-hydroxylation sites is 1. The number of nitrogens with one attached hydrogen (secondary N) is 1. The van der Waals surface area contributed by atoms with Crippen LogP contribution in [0.25, 0.3) is 0 Å². The maximum atomic E-state index is 13.5. The molecule has 2 aromatic carbocycles. The van der Waals surface area contributed by atoms with E-state index in [1.54, 1.807) is 19.1 Å². The summed E-state index contributed by atoms with van der Waals surface area (Å²) >= 11 is 0. The lowest BCUT2D eigenvalue weighted by molar-refractivity contribution is -0.122. The summed E-state index contributed by atoms with van der Waals surface area (Å²) in [6, 6.07) is 13.6. The highest BCUT2D eigenvalue weighted by Gasteiger charge is 2.16. The number of hydrogen-bond donors (Lipinski definition) is 1. The Labute approximate surface area is 123 Å². The van der Waals surface area contributed by atoms with Gasteiger partial charge in [0.05, 0.1) is 5.69 Å². The number of hydrogen-bond acceptors (Lipinski definition) is 2. The van der Waals surface area contributed by atoms with E-state index in [2.05, 4.69) is 12.2 Å². The van der Waals surface area contributed by atoms with Crippen LogP contribution in [0.1, 0.15) is 19.4 Å². The first-order valence-corrected chi connectivity index (χ1v) is 6.91. The topological polar surface area (TPSA) is 38.3 Å². The summed E-state index contributed by atoms with van der Waals surface area (Å²) in [5, 5.41) is 2.51. The fraction of sp³-hybridized carbons (Fsp3) is 0.235. The van der Waals surface area contributed by atoms with Gasteiger partial charge in [-0.25, -0.2) is 4.39 Å². The van der Waals surface area contributed by atoms with Crippen LogP contribution >= 0.6 is 0 Å². The van der Waals surface area contributed by atoms with Gasteiger partial charge < -0.3 is 10.1 Å². The molecule has 0 unspecified atom stereocenters. The van der Waals surface area contributed by atoms with Crippen molar-refractivity contribution in [2.75, 3.05) is 5.32 Å². The summed E-state index contributed by atoms with van der Waals surface area (Å²) in [6.07, 6.45) is 0.237. The summed E-state index contributed by atoms with van der Waals surface area (Å²) < 4.78 is 19.0. The number of rotatable bonds is 5. The Kier molecular flexibility index (Phi) is 4.93. The number of benzene rings is 2. The lowest BCUT2D eigenvalue weighted by Gasteiger charge is -2.15. The molecule has 0 aromatic heterocycles. The van der Waals surface area contributed by atoms with E-state index in [0.29, 0.717) is 5.75 Å². The monoisotopic (exact) mass is 287 g/mol. The average Bonchev–Trinajstić information content (AvgIpc) is 2.50. The Morgan fingerprint density at radius 3 is 2.48 bits per heavy atom. The van der Waals surface area contributed by atoms with E-state index in [4.69, 9.17) is 4.74 Å². The molecular formula is C17H18FNO2. The molecule has 0 bridgehead atoms. The zero-order valence-electron chi connectivity index (χ0n) is 12.1. The van der Waals surface area contributed by atoms with E-state index in [9.17, 15) is 9.18 Å². The van der Waals surface area contributed by atoms with Crippen LogP contribution in [0.5, 0.6) is 5.75 Å². The molecule has 2 aromatic rings. The van der Waals surface area contributed by atoms with Gasteiger partial charge in [0.25, 0.3) is 5.91 Å². The van der Waals surface area contributed by atoms with Crippen LogP contribution in [0.3, 0.4) is 0 Å². The van der Waals surface area contributed by atoms with Gasteiger partial charge in [-0.3, -0.25) is 4.79 Å². The summed E-state index contributed by atoms with van der Waals surface area (Å²) in [4.78, 5) is 12.0. The molecule has 0 radical (unpaired) electrons. The Morgan fingerprint density at radius 2 is 1.86 bits per heavy atom. The van der Waals surface area contributed by atoms with Crippen LogP contribution in [0.2, 0.25) is 0 Å². The standard InChI is InChI=1S/C17H18FNO2/c1-3-13-8-10-14(11-9-13)21-12(2)17(20)19-16-7-5-4-6-15(16)18/h4-12H,3H2,1-2H3,(H,19,20)/t12-/m0/s1. The maximum Gasteiger partial charge on any atom is 0.265 e. The van der Waals surface area contributed by atoms with Crippen molar-refractivity contribution in [3.63, 3.8) is 0 Å². The fourth-order valence-corrected chi connectivity index (χ4v) is 1.86. The van der Waals surface area contributed by atoms with Gasteiger partial charge in [0, 0.05) is 0 Å². The molecule has 0 aliphatic heterocycles. The minimum absolute atomic E-state index is 0.152. The molecule has 1 N–H and O–H groups in total. The van der Waals surface area contributed by atoms with Crippen molar-refractivity contribution in [2.24, 2.45) is 0 Å². The minimum Gasteiger partial charge on any atom is -0.481 e. The highest BCUT2D eigenvalue weighted by atomic mass is 19.1. The van der Waals surface area contributed by atoms with E-state index in [1.807, 2.05) is 24.3 Å². The molecule has 0 saturated heterocycles. The third-order valence-corrected chi connectivity index (χ3v) is 3.15. The number of ether oxygens (including phenoxy) is 1. The van der Waals surface area contributed by atoms with Gasteiger partial charge >= 0.3 is 0 Å². The van der Waals surface area contributed by atoms with Crippen molar-refractivity contribution in [2.45, 2.75) is 26.4 Å². The molecule has 1 atom stereocenters. The summed E-state index contributed by atoms with van der Waals surface area (Å²) in [6.45, 7) is 3.70. The zero-order chi connectivity index (χ0) is 15.2. The highest BCUT2D eigenvalue weighted by Crippen LogP contribution is 2.16. The average molecular weight is 287 g/mol. The van der Waals surface area contributed by atoms with Gasteiger partial charge in [0.1, 0.15) is 11.6 Å². The van der Waals surface area contributed by atoms with Crippen molar-refractivity contribution in [1.29, 1.82) is 0 Å². The number of amides is 1. The molecule has 1 amide bonds. The van der Waals surface area contributed by atoms with Crippen LogP contribution in [0, 0.1) is 5.82 Å². The molecule has 0 saturated carbocycles. The van der Waals surface area contributed by atoms with Gasteiger partial charge in [-0.2, -0.15) is 0 Å². The normalized spacial score (nSPS) is 11.8. The third-order valence-electron chi connectivity index (χ3n) is 3.15. The van der Waals surface area contributed by atoms with Crippen LogP contribution in [0.15, 0.2) is 48.5 Å². The van der Waals surface area contributed by atoms with Crippen molar-refractivity contribution in [3.8, 4) is 5.75 Å². The SMILES string of the molecule is CCc1ccc(O[C@@H](C)C(=O)Nc2ccccc2F)cc1. The highest BCUT2D eigenvalue weighted by molar-refractivity contribution is 5.94. The Bertz CT molecular complexity index is 610. The Balaban J connectivity index is 1.97. The maximum absolute atomic E-state index is 13.5. The lowest BCUT2D eigenvalue weighted by atomic mass is 10.2. The van der Waals surface area contributed by atoms with E-state index < -0.39 is 11.9 Å². The summed E-state index contributed by atoms with van der Waals surface area (Å²) in [7, 11) is 0. The molecule has 0 aliphatic rings. The number of carbonyl (C=O) groups is 1. The van der Waals surface area contributed by atoms with E-state index in [0.717, 1.165) is 6.42 Å². The van der Waals surface area contributed by atoms with Gasteiger partial charge in [0.2, 0.25) is 0 Å². The lowest BCUT2D eigenvalue weighted by Crippen LogP contribution is -2.30. The largest absolute Gasteiger partial charge is 0.481 e. The second kappa shape index (κ2) is 6.88. The van der Waals surface area contributed by atoms with Gasteiger partial charge in [-0.05, 0) is 43.2 Å². The molecule has 21 heavy (non-hydrogen) atoms. The van der Waals surface area contributed by atoms with Gasteiger partial charge in [-0.15, -0.1) is 0 Å². The van der Waals surface area contributed by atoms with E-state index in [1.165, 1.54) is 17.7 Å². The molecular weight excluding hydrogens is 269 g/mol. The summed E-state index contributed by atoms with van der Waals surface area (Å²) in [5.41, 5.74) is 1.35. The first-order chi connectivity index (χ1) is 10.1. The van der Waals surface area contributed by atoms with Crippen LogP contribution in [-0.2, 0) is 11.2 Å². The minimum atomic E-state index is -0.711. The van der Waals surface area contributed by atoms with Crippen LogP contribution in [0.4, 0.5) is 10.1 Å². The first-order valence-electron chi connectivity index (χ1n) is 6.91. The number of anilines is 1. The first kappa shape index (κ1) is 15.0. The van der Waals surface area contributed by atoms with Crippen LogP contribution in [-0.4, -0.2) is 12.0 Å². The third kappa shape index (κ3) is 4.05. The van der Waals surface area contributed by atoms with Crippen molar-refractivity contribution < 1.29 is 13.9 Å². The molecule has 0 spiro atoms. The number of halogens is 1. The smallest absolute Gasteiger partial charge is 0.265 e. The molecule has 2 rings (SSSR count). The van der Waals surface area contributed by atoms with Crippen molar-refractivity contribution in [3.05, 3.63) is 59.9 Å². The molecule has 0 aliphatic carbocycles. The Morgan fingerprint density at radius 1 is 1.19 bits per heavy atom. The predicted octanol–water partition coefficient (Wildman–Crippen LogP) is 3.79. The van der Waals surface area contributed by atoms with E-state index >= 15 is 0 Å². The molecule has 0 fully saturated rings. The van der Waals surface area contributed by atoms with Crippen molar-refractivity contribution in [1.82, 2.24) is 0 Å². The van der Waals surface area contributed by atoms with Crippen LogP contribution < -0.4 is 10.1 Å². The summed E-state index contributed by atoms with van der Waals surface area (Å²) in [5.74, 6) is -0.242.